The Hall–Kier alpha value is -3.45. The molecule has 6 nitrogen and oxygen atoms in total. The average Bonchev–Trinajstić information content (AvgIpc) is 3.24. The van der Waals surface area contributed by atoms with Gasteiger partial charge in [0.2, 0.25) is 0 Å². The van der Waals surface area contributed by atoms with Crippen molar-refractivity contribution in [3.63, 3.8) is 0 Å². The molecule has 1 aromatic heterocycles. The van der Waals surface area contributed by atoms with E-state index in [9.17, 15) is 4.79 Å². The van der Waals surface area contributed by atoms with Crippen LogP contribution < -0.4 is 14.8 Å². The third kappa shape index (κ3) is 4.36. The maximum Gasteiger partial charge on any atom is 0.257 e. The predicted molar refractivity (Wildman–Crippen MR) is 119 cm³/mol. The molecule has 5 rings (SSSR count). The van der Waals surface area contributed by atoms with Crippen molar-refractivity contribution >= 4 is 28.8 Å². The molecule has 0 fully saturated rings. The number of ether oxygens (including phenoxy) is 2. The number of nitrogens with one attached hydrogen (secondary N) is 1. The van der Waals surface area contributed by atoms with E-state index in [1.54, 1.807) is 0 Å². The molecule has 156 valence electrons. The standard InChI is InChI=1S/C24H20N2O4S/c27-23(25-13-17-14-28-21-11-5-6-12-22(21)29-17)18-8-2-1-7-16(18)15-31-24-26-19-9-3-4-10-20(19)30-24/h1-12,17H,13-15H2,(H,25,27)/t17-/m0/s1. The molecule has 4 aromatic rings. The number of carbonyl (C=O) groups is 1. The summed E-state index contributed by atoms with van der Waals surface area (Å²) in [6.45, 7) is 0.756. The highest BCUT2D eigenvalue weighted by atomic mass is 32.2. The summed E-state index contributed by atoms with van der Waals surface area (Å²) in [5.41, 5.74) is 3.13. The molecule has 1 atom stereocenters. The molecule has 1 aliphatic rings. The number of fused-ring (bicyclic) bond motifs is 2. The number of rotatable bonds is 6. The van der Waals surface area contributed by atoms with E-state index in [0.717, 1.165) is 22.4 Å². The smallest absolute Gasteiger partial charge is 0.257 e. The Morgan fingerprint density at radius 1 is 1.00 bits per heavy atom. The molecule has 0 bridgehead atoms. The summed E-state index contributed by atoms with van der Waals surface area (Å²) in [7, 11) is 0. The van der Waals surface area contributed by atoms with E-state index in [-0.39, 0.29) is 12.0 Å². The number of oxazole rings is 1. The first-order valence-electron chi connectivity index (χ1n) is 9.99. The molecular formula is C24H20N2O4S. The van der Waals surface area contributed by atoms with Gasteiger partial charge in [-0.3, -0.25) is 4.79 Å². The maximum absolute atomic E-state index is 12.9. The molecule has 0 unspecified atom stereocenters. The Balaban J connectivity index is 1.22. The Labute approximate surface area is 183 Å². The van der Waals surface area contributed by atoms with Gasteiger partial charge < -0.3 is 19.2 Å². The number of hydrogen-bond acceptors (Lipinski definition) is 6. The van der Waals surface area contributed by atoms with Gasteiger partial charge in [0, 0.05) is 11.3 Å². The Morgan fingerprint density at radius 3 is 2.68 bits per heavy atom. The van der Waals surface area contributed by atoms with Gasteiger partial charge in [-0.05, 0) is 35.9 Å². The molecule has 1 N–H and O–H groups in total. The van der Waals surface area contributed by atoms with Crippen LogP contribution in [0.1, 0.15) is 15.9 Å². The van der Waals surface area contributed by atoms with E-state index < -0.39 is 0 Å². The molecular weight excluding hydrogens is 412 g/mol. The van der Waals surface area contributed by atoms with Gasteiger partial charge in [0.05, 0.1) is 6.54 Å². The highest BCUT2D eigenvalue weighted by Gasteiger charge is 2.22. The number of aromatic nitrogens is 1. The molecule has 7 heteroatoms. The normalized spacial score (nSPS) is 15.0. The number of nitrogens with zero attached hydrogens (tertiary/aromatic N) is 1. The number of para-hydroxylation sites is 4. The Kier molecular flexibility index (Phi) is 5.50. The summed E-state index contributed by atoms with van der Waals surface area (Å²) >= 11 is 1.47. The van der Waals surface area contributed by atoms with Gasteiger partial charge in [-0.1, -0.05) is 54.2 Å². The van der Waals surface area contributed by atoms with Crippen LogP contribution in [0.25, 0.3) is 11.1 Å². The van der Waals surface area contributed by atoms with E-state index in [2.05, 4.69) is 10.3 Å². The van der Waals surface area contributed by atoms with Crippen LogP contribution in [0, 0.1) is 0 Å². The lowest BCUT2D eigenvalue weighted by atomic mass is 10.1. The Bertz CT molecular complexity index is 1190. The molecule has 3 aromatic carbocycles. The first-order chi connectivity index (χ1) is 15.3. The van der Waals surface area contributed by atoms with Crippen molar-refractivity contribution in [1.29, 1.82) is 0 Å². The van der Waals surface area contributed by atoms with Gasteiger partial charge in [0.15, 0.2) is 17.1 Å². The zero-order valence-electron chi connectivity index (χ0n) is 16.6. The summed E-state index contributed by atoms with van der Waals surface area (Å²) in [5.74, 6) is 1.86. The van der Waals surface area contributed by atoms with Crippen LogP contribution in [0.4, 0.5) is 0 Å². The number of benzene rings is 3. The van der Waals surface area contributed by atoms with E-state index in [1.165, 1.54) is 11.8 Å². The second-order valence-electron chi connectivity index (χ2n) is 7.10. The van der Waals surface area contributed by atoms with Crippen LogP contribution in [0.15, 0.2) is 82.4 Å². The molecule has 0 radical (unpaired) electrons. The Morgan fingerprint density at radius 2 is 1.77 bits per heavy atom. The molecule has 2 heterocycles. The second kappa shape index (κ2) is 8.73. The number of carbonyl (C=O) groups excluding carboxylic acids is 1. The highest BCUT2D eigenvalue weighted by Crippen LogP contribution is 2.31. The summed E-state index contributed by atoms with van der Waals surface area (Å²) < 4.78 is 17.4. The lowest BCUT2D eigenvalue weighted by Gasteiger charge is -2.26. The van der Waals surface area contributed by atoms with E-state index in [0.29, 0.717) is 35.4 Å². The van der Waals surface area contributed by atoms with E-state index >= 15 is 0 Å². The second-order valence-corrected chi connectivity index (χ2v) is 8.03. The van der Waals surface area contributed by atoms with Crippen molar-refractivity contribution in [2.75, 3.05) is 13.2 Å². The summed E-state index contributed by atoms with van der Waals surface area (Å²) in [4.78, 5) is 17.3. The fraction of sp³-hybridized carbons (Fsp3) is 0.167. The average molecular weight is 433 g/mol. The first kappa shape index (κ1) is 19.5. The van der Waals surface area contributed by atoms with Crippen molar-refractivity contribution in [2.24, 2.45) is 0 Å². The molecule has 0 aliphatic carbocycles. The molecule has 31 heavy (non-hydrogen) atoms. The summed E-state index contributed by atoms with van der Waals surface area (Å²) in [5, 5.41) is 3.55. The van der Waals surface area contributed by atoms with Crippen LogP contribution >= 0.6 is 11.8 Å². The summed E-state index contributed by atoms with van der Waals surface area (Å²) in [6, 6.07) is 22.7. The minimum Gasteiger partial charge on any atom is -0.486 e. The van der Waals surface area contributed by atoms with Gasteiger partial charge >= 0.3 is 0 Å². The quantitative estimate of drug-likeness (QED) is 0.446. The zero-order valence-corrected chi connectivity index (χ0v) is 17.4. The lowest BCUT2D eigenvalue weighted by molar-refractivity contribution is 0.0789. The van der Waals surface area contributed by atoms with E-state index in [4.69, 9.17) is 13.9 Å². The van der Waals surface area contributed by atoms with Gasteiger partial charge in [-0.2, -0.15) is 0 Å². The van der Waals surface area contributed by atoms with Crippen molar-refractivity contribution in [1.82, 2.24) is 10.3 Å². The third-order valence-electron chi connectivity index (χ3n) is 4.95. The lowest BCUT2D eigenvalue weighted by Crippen LogP contribution is -2.40. The molecule has 0 saturated heterocycles. The van der Waals surface area contributed by atoms with E-state index in [1.807, 2.05) is 72.8 Å². The van der Waals surface area contributed by atoms with Crippen molar-refractivity contribution in [2.45, 2.75) is 17.1 Å². The fourth-order valence-corrected chi connectivity index (χ4v) is 4.23. The van der Waals surface area contributed by atoms with Crippen molar-refractivity contribution in [3.05, 3.63) is 83.9 Å². The molecule has 0 spiro atoms. The predicted octanol–water partition coefficient (Wildman–Crippen LogP) is 4.69. The van der Waals surface area contributed by atoms with Crippen LogP contribution in [-0.4, -0.2) is 30.1 Å². The third-order valence-corrected chi connectivity index (χ3v) is 5.82. The van der Waals surface area contributed by atoms with Crippen molar-refractivity contribution in [3.8, 4) is 11.5 Å². The number of thioether (sulfide) groups is 1. The van der Waals surface area contributed by atoms with Gasteiger partial charge in [-0.15, -0.1) is 0 Å². The highest BCUT2D eigenvalue weighted by molar-refractivity contribution is 7.98. The minimum atomic E-state index is -0.236. The van der Waals surface area contributed by atoms with Crippen LogP contribution in [0.5, 0.6) is 11.5 Å². The molecule has 0 saturated carbocycles. The SMILES string of the molecule is O=C(NC[C@H]1COc2ccccc2O1)c1ccccc1CSc1nc2ccccc2o1. The zero-order chi connectivity index (χ0) is 21.0. The summed E-state index contributed by atoms with van der Waals surface area (Å²) in [6.07, 6.45) is -0.236. The maximum atomic E-state index is 12.9. The van der Waals surface area contributed by atoms with Gasteiger partial charge in [-0.25, -0.2) is 4.98 Å². The van der Waals surface area contributed by atoms with Crippen LogP contribution in [-0.2, 0) is 5.75 Å². The van der Waals surface area contributed by atoms with Crippen LogP contribution in [0.3, 0.4) is 0 Å². The number of amides is 1. The number of hydrogen-bond donors (Lipinski definition) is 1. The van der Waals surface area contributed by atoms with Gasteiger partial charge in [0.25, 0.3) is 11.1 Å². The monoisotopic (exact) mass is 432 g/mol. The topological polar surface area (TPSA) is 73.6 Å². The van der Waals surface area contributed by atoms with Gasteiger partial charge in [0.1, 0.15) is 18.2 Å². The molecule has 1 amide bonds. The minimum absolute atomic E-state index is 0.142. The first-order valence-corrected chi connectivity index (χ1v) is 11.0. The largest absolute Gasteiger partial charge is 0.486 e. The van der Waals surface area contributed by atoms with Crippen molar-refractivity contribution < 1.29 is 18.7 Å². The fourth-order valence-electron chi connectivity index (χ4n) is 3.39. The van der Waals surface area contributed by atoms with Crippen LogP contribution in [0.2, 0.25) is 0 Å². The molecule has 1 aliphatic heterocycles.